The van der Waals surface area contributed by atoms with Gasteiger partial charge in [0.15, 0.2) is 0 Å². The van der Waals surface area contributed by atoms with E-state index in [0.717, 1.165) is 17.6 Å². The molecule has 0 aromatic heterocycles. The van der Waals surface area contributed by atoms with Crippen LogP contribution in [0.4, 0.5) is 4.39 Å². The minimum Gasteiger partial charge on any atom is -0.316 e. The second kappa shape index (κ2) is 7.92. The standard InChI is InChI=1S/C17H18BrClFN/c1-2-21-11-14(12-5-3-7-15(18)10-12)9-13-6-4-8-16(19)17(13)20/h3-8,10,14,21H,2,9,11H2,1H3. The molecule has 1 atom stereocenters. The van der Waals surface area contributed by atoms with E-state index in [1.54, 1.807) is 18.2 Å². The molecule has 2 aromatic carbocycles. The molecule has 0 amide bonds. The van der Waals surface area contributed by atoms with Crippen LogP contribution < -0.4 is 5.32 Å². The van der Waals surface area contributed by atoms with Crippen LogP contribution in [0.5, 0.6) is 0 Å². The van der Waals surface area contributed by atoms with Gasteiger partial charge in [0.25, 0.3) is 0 Å². The maximum Gasteiger partial charge on any atom is 0.144 e. The predicted octanol–water partition coefficient (Wildman–Crippen LogP) is 5.18. The first kappa shape index (κ1) is 16.5. The van der Waals surface area contributed by atoms with Gasteiger partial charge in [0.05, 0.1) is 5.02 Å². The number of hydrogen-bond acceptors (Lipinski definition) is 1. The van der Waals surface area contributed by atoms with Crippen LogP contribution in [-0.2, 0) is 6.42 Å². The molecule has 1 unspecified atom stereocenters. The van der Waals surface area contributed by atoms with Gasteiger partial charge in [-0.15, -0.1) is 0 Å². The summed E-state index contributed by atoms with van der Waals surface area (Å²) in [6.07, 6.45) is 0.621. The third-order valence-electron chi connectivity index (χ3n) is 3.46. The summed E-state index contributed by atoms with van der Waals surface area (Å²) in [6, 6.07) is 13.4. The normalized spacial score (nSPS) is 12.4. The van der Waals surface area contributed by atoms with Gasteiger partial charge in [0.1, 0.15) is 5.82 Å². The third kappa shape index (κ3) is 4.53. The number of rotatable bonds is 6. The Balaban J connectivity index is 2.26. The quantitative estimate of drug-likeness (QED) is 0.739. The smallest absolute Gasteiger partial charge is 0.144 e. The summed E-state index contributed by atoms with van der Waals surface area (Å²) >= 11 is 9.37. The first-order valence-electron chi connectivity index (χ1n) is 7.01. The average Bonchev–Trinajstić information content (AvgIpc) is 2.47. The highest BCUT2D eigenvalue weighted by molar-refractivity contribution is 9.10. The lowest BCUT2D eigenvalue weighted by atomic mass is 9.91. The summed E-state index contributed by atoms with van der Waals surface area (Å²) in [4.78, 5) is 0. The van der Waals surface area contributed by atoms with E-state index in [-0.39, 0.29) is 16.8 Å². The molecule has 0 saturated heterocycles. The zero-order valence-electron chi connectivity index (χ0n) is 11.9. The Kier molecular flexibility index (Phi) is 6.22. The van der Waals surface area contributed by atoms with Crippen molar-refractivity contribution in [3.8, 4) is 0 Å². The maximum absolute atomic E-state index is 14.1. The maximum atomic E-state index is 14.1. The Labute approximate surface area is 138 Å². The van der Waals surface area contributed by atoms with Crippen LogP contribution in [0.25, 0.3) is 0 Å². The molecule has 0 bridgehead atoms. The van der Waals surface area contributed by atoms with Gasteiger partial charge in [0.2, 0.25) is 0 Å². The minimum atomic E-state index is -0.310. The number of nitrogens with one attached hydrogen (secondary N) is 1. The Morgan fingerprint density at radius 2 is 2.00 bits per heavy atom. The van der Waals surface area contributed by atoms with Crippen LogP contribution in [0.15, 0.2) is 46.9 Å². The Morgan fingerprint density at radius 1 is 1.24 bits per heavy atom. The van der Waals surface area contributed by atoms with Crippen LogP contribution in [0.1, 0.15) is 24.0 Å². The molecule has 0 radical (unpaired) electrons. The van der Waals surface area contributed by atoms with Crippen molar-refractivity contribution in [2.75, 3.05) is 13.1 Å². The molecule has 0 heterocycles. The molecule has 0 spiro atoms. The molecule has 21 heavy (non-hydrogen) atoms. The molecular weight excluding hydrogens is 353 g/mol. The third-order valence-corrected chi connectivity index (χ3v) is 4.24. The summed E-state index contributed by atoms with van der Waals surface area (Å²) in [5, 5.41) is 3.53. The summed E-state index contributed by atoms with van der Waals surface area (Å²) in [7, 11) is 0. The monoisotopic (exact) mass is 369 g/mol. The molecule has 0 saturated carbocycles. The summed E-state index contributed by atoms with van der Waals surface area (Å²) in [5.41, 5.74) is 1.84. The van der Waals surface area contributed by atoms with Gasteiger partial charge in [-0.1, -0.05) is 58.7 Å². The Bertz CT molecular complexity index is 603. The van der Waals surface area contributed by atoms with Crippen molar-refractivity contribution in [1.82, 2.24) is 5.32 Å². The average molecular weight is 371 g/mol. The van der Waals surface area contributed by atoms with E-state index >= 15 is 0 Å². The van der Waals surface area contributed by atoms with Crippen molar-refractivity contribution in [3.63, 3.8) is 0 Å². The Morgan fingerprint density at radius 3 is 2.71 bits per heavy atom. The number of halogens is 3. The summed E-state index contributed by atoms with van der Waals surface area (Å²) < 4.78 is 15.2. The second-order valence-corrected chi connectivity index (χ2v) is 6.30. The number of hydrogen-bond donors (Lipinski definition) is 1. The fourth-order valence-electron chi connectivity index (χ4n) is 2.36. The van der Waals surface area contributed by atoms with Crippen LogP contribution in [-0.4, -0.2) is 13.1 Å². The van der Waals surface area contributed by atoms with Gasteiger partial charge in [-0.2, -0.15) is 0 Å². The van der Waals surface area contributed by atoms with E-state index < -0.39 is 0 Å². The lowest BCUT2D eigenvalue weighted by molar-refractivity contribution is 0.562. The van der Waals surface area contributed by atoms with Crippen molar-refractivity contribution in [1.29, 1.82) is 0 Å². The van der Waals surface area contributed by atoms with Crippen LogP contribution >= 0.6 is 27.5 Å². The highest BCUT2D eigenvalue weighted by atomic mass is 79.9. The van der Waals surface area contributed by atoms with Crippen molar-refractivity contribution < 1.29 is 4.39 Å². The van der Waals surface area contributed by atoms with Crippen molar-refractivity contribution in [2.45, 2.75) is 19.3 Å². The highest BCUT2D eigenvalue weighted by Crippen LogP contribution is 2.26. The molecule has 0 aliphatic heterocycles. The van der Waals surface area contributed by atoms with E-state index in [1.165, 1.54) is 5.56 Å². The SMILES string of the molecule is CCNCC(Cc1cccc(Cl)c1F)c1cccc(Br)c1. The van der Waals surface area contributed by atoms with Gasteiger partial charge in [-0.25, -0.2) is 4.39 Å². The van der Waals surface area contributed by atoms with Gasteiger partial charge >= 0.3 is 0 Å². The fourth-order valence-corrected chi connectivity index (χ4v) is 2.97. The molecule has 112 valence electrons. The first-order valence-corrected chi connectivity index (χ1v) is 8.18. The molecular formula is C17H18BrClFN. The molecule has 0 aliphatic carbocycles. The first-order chi connectivity index (χ1) is 10.1. The molecule has 2 aromatic rings. The number of likely N-dealkylation sites (N-methyl/N-ethyl adjacent to an activating group) is 1. The van der Waals surface area contributed by atoms with E-state index in [4.69, 9.17) is 11.6 Å². The summed E-state index contributed by atoms with van der Waals surface area (Å²) in [5.74, 6) is -0.105. The molecule has 1 N–H and O–H groups in total. The Hall–Kier alpha value is -0.900. The zero-order valence-corrected chi connectivity index (χ0v) is 14.2. The molecule has 1 nitrogen and oxygen atoms in total. The van der Waals surface area contributed by atoms with Crippen molar-refractivity contribution in [2.24, 2.45) is 0 Å². The summed E-state index contributed by atoms with van der Waals surface area (Å²) in [6.45, 7) is 3.76. The van der Waals surface area contributed by atoms with Crippen LogP contribution in [0.3, 0.4) is 0 Å². The van der Waals surface area contributed by atoms with Crippen LogP contribution in [0.2, 0.25) is 5.02 Å². The van der Waals surface area contributed by atoms with E-state index in [2.05, 4.69) is 40.3 Å². The molecule has 4 heteroatoms. The van der Waals surface area contributed by atoms with Gasteiger partial charge < -0.3 is 5.32 Å². The zero-order chi connectivity index (χ0) is 15.2. The minimum absolute atomic E-state index is 0.184. The van der Waals surface area contributed by atoms with E-state index in [1.807, 2.05) is 12.1 Å². The predicted molar refractivity (Wildman–Crippen MR) is 90.5 cm³/mol. The number of benzene rings is 2. The molecule has 2 rings (SSSR count). The van der Waals surface area contributed by atoms with Gasteiger partial charge in [-0.05, 0) is 42.3 Å². The lowest BCUT2D eigenvalue weighted by Crippen LogP contribution is -2.23. The lowest BCUT2D eigenvalue weighted by Gasteiger charge is -2.19. The van der Waals surface area contributed by atoms with E-state index in [9.17, 15) is 4.39 Å². The largest absolute Gasteiger partial charge is 0.316 e. The van der Waals surface area contributed by atoms with E-state index in [0.29, 0.717) is 12.0 Å². The second-order valence-electron chi connectivity index (χ2n) is 4.98. The van der Waals surface area contributed by atoms with Crippen LogP contribution in [0, 0.1) is 5.82 Å². The molecule has 0 aliphatic rings. The van der Waals surface area contributed by atoms with Gasteiger partial charge in [-0.3, -0.25) is 0 Å². The van der Waals surface area contributed by atoms with Crippen molar-refractivity contribution >= 4 is 27.5 Å². The topological polar surface area (TPSA) is 12.0 Å². The van der Waals surface area contributed by atoms with Gasteiger partial charge in [0, 0.05) is 16.9 Å². The molecule has 0 fully saturated rings. The fraction of sp³-hybridized carbons (Fsp3) is 0.294. The highest BCUT2D eigenvalue weighted by Gasteiger charge is 2.16. The van der Waals surface area contributed by atoms with Crippen molar-refractivity contribution in [3.05, 3.63) is 68.9 Å².